The van der Waals surface area contributed by atoms with Gasteiger partial charge in [-0.3, -0.25) is 4.90 Å². The third-order valence-corrected chi connectivity index (χ3v) is 4.09. The Hall–Kier alpha value is -0.0800. The highest BCUT2D eigenvalue weighted by atomic mass is 15.2. The lowest BCUT2D eigenvalue weighted by Crippen LogP contribution is -2.50. The van der Waals surface area contributed by atoms with Crippen molar-refractivity contribution in [3.05, 3.63) is 0 Å². The smallest absolute Gasteiger partial charge is 0.0176 e. The molecule has 1 N–H and O–H groups in total. The molecule has 1 unspecified atom stereocenters. The van der Waals surface area contributed by atoms with Gasteiger partial charge >= 0.3 is 0 Å². The molecule has 1 rings (SSSR count). The van der Waals surface area contributed by atoms with Gasteiger partial charge in [0, 0.05) is 12.1 Å². The molecule has 2 heteroatoms. The summed E-state index contributed by atoms with van der Waals surface area (Å²) in [5.41, 5.74) is 0.422. The second-order valence-electron chi connectivity index (χ2n) is 5.31. The highest BCUT2D eigenvalue weighted by Crippen LogP contribution is 2.25. The average Bonchev–Trinajstić information content (AvgIpc) is 2.22. The van der Waals surface area contributed by atoms with Gasteiger partial charge in [0.1, 0.15) is 0 Å². The Bertz CT molecular complexity index is 175. The summed E-state index contributed by atoms with van der Waals surface area (Å²) in [6, 6.07) is 0. The summed E-state index contributed by atoms with van der Waals surface area (Å²) in [5, 5.41) is 3.52. The van der Waals surface area contributed by atoms with Crippen LogP contribution in [0.5, 0.6) is 0 Å². The van der Waals surface area contributed by atoms with Gasteiger partial charge in [0.15, 0.2) is 0 Å². The first-order chi connectivity index (χ1) is 7.12. The SMILES string of the molecule is CCC(C)(CC)N1CCCNCC(C)C1. The number of nitrogens with zero attached hydrogens (tertiary/aromatic N) is 1. The Morgan fingerprint density at radius 3 is 2.60 bits per heavy atom. The molecule has 90 valence electrons. The predicted octanol–water partition coefficient (Wildman–Crippen LogP) is 2.50. The van der Waals surface area contributed by atoms with Crippen molar-refractivity contribution in [2.24, 2.45) is 5.92 Å². The highest BCUT2D eigenvalue weighted by molar-refractivity contribution is 4.85. The molecule has 1 heterocycles. The van der Waals surface area contributed by atoms with Gasteiger partial charge in [-0.1, -0.05) is 20.8 Å². The molecule has 0 radical (unpaired) electrons. The van der Waals surface area contributed by atoms with Gasteiger partial charge in [0.2, 0.25) is 0 Å². The Morgan fingerprint density at radius 2 is 2.00 bits per heavy atom. The zero-order valence-corrected chi connectivity index (χ0v) is 11.0. The van der Waals surface area contributed by atoms with Crippen LogP contribution in [0.2, 0.25) is 0 Å². The summed E-state index contributed by atoms with van der Waals surface area (Å²) in [4.78, 5) is 2.72. The molecule has 0 aliphatic carbocycles. The topological polar surface area (TPSA) is 15.3 Å². The quantitative estimate of drug-likeness (QED) is 0.773. The fraction of sp³-hybridized carbons (Fsp3) is 1.00. The van der Waals surface area contributed by atoms with Crippen LogP contribution in [-0.4, -0.2) is 36.6 Å². The largest absolute Gasteiger partial charge is 0.316 e. The molecule has 0 amide bonds. The second kappa shape index (κ2) is 5.86. The van der Waals surface area contributed by atoms with Gasteiger partial charge < -0.3 is 5.32 Å². The van der Waals surface area contributed by atoms with E-state index in [1.54, 1.807) is 0 Å². The lowest BCUT2D eigenvalue weighted by molar-refractivity contribution is 0.0711. The van der Waals surface area contributed by atoms with Crippen molar-refractivity contribution < 1.29 is 0 Å². The van der Waals surface area contributed by atoms with E-state index in [-0.39, 0.29) is 0 Å². The Labute approximate surface area is 95.4 Å². The fourth-order valence-corrected chi connectivity index (χ4v) is 2.46. The molecule has 0 aromatic rings. The van der Waals surface area contributed by atoms with Gasteiger partial charge in [-0.05, 0) is 51.7 Å². The third kappa shape index (κ3) is 3.46. The van der Waals surface area contributed by atoms with Crippen LogP contribution in [0.3, 0.4) is 0 Å². The van der Waals surface area contributed by atoms with E-state index in [1.807, 2.05) is 0 Å². The summed E-state index contributed by atoms with van der Waals surface area (Å²) in [7, 11) is 0. The van der Waals surface area contributed by atoms with Crippen LogP contribution in [0, 0.1) is 5.92 Å². The van der Waals surface area contributed by atoms with E-state index in [2.05, 4.69) is 37.9 Å². The maximum absolute atomic E-state index is 3.52. The van der Waals surface area contributed by atoms with Crippen LogP contribution >= 0.6 is 0 Å². The van der Waals surface area contributed by atoms with Crippen LogP contribution < -0.4 is 5.32 Å². The molecular weight excluding hydrogens is 184 g/mol. The molecule has 1 fully saturated rings. The number of hydrogen-bond acceptors (Lipinski definition) is 2. The lowest BCUT2D eigenvalue weighted by atomic mass is 9.91. The molecule has 1 aliphatic rings. The van der Waals surface area contributed by atoms with E-state index in [4.69, 9.17) is 0 Å². The predicted molar refractivity (Wildman–Crippen MR) is 67.2 cm³/mol. The molecule has 15 heavy (non-hydrogen) atoms. The zero-order valence-electron chi connectivity index (χ0n) is 11.0. The maximum atomic E-state index is 3.52. The normalized spacial score (nSPS) is 26.0. The summed E-state index contributed by atoms with van der Waals surface area (Å²) in [5.74, 6) is 0.780. The monoisotopic (exact) mass is 212 g/mol. The number of rotatable bonds is 3. The first-order valence-electron chi connectivity index (χ1n) is 6.58. The van der Waals surface area contributed by atoms with Crippen LogP contribution in [-0.2, 0) is 0 Å². The minimum atomic E-state index is 0.422. The first kappa shape index (κ1) is 13.0. The first-order valence-corrected chi connectivity index (χ1v) is 6.58. The second-order valence-corrected chi connectivity index (χ2v) is 5.31. The van der Waals surface area contributed by atoms with Crippen molar-refractivity contribution in [1.29, 1.82) is 0 Å². The third-order valence-electron chi connectivity index (χ3n) is 4.09. The molecule has 0 saturated carbocycles. The van der Waals surface area contributed by atoms with Crippen LogP contribution in [0.25, 0.3) is 0 Å². The summed E-state index contributed by atoms with van der Waals surface area (Å²) >= 11 is 0. The molecule has 1 atom stereocenters. The van der Waals surface area contributed by atoms with E-state index in [0.717, 1.165) is 5.92 Å². The molecular formula is C13H28N2. The van der Waals surface area contributed by atoms with Crippen LogP contribution in [0.15, 0.2) is 0 Å². The Balaban J connectivity index is 2.63. The molecule has 0 aromatic carbocycles. The van der Waals surface area contributed by atoms with Crippen molar-refractivity contribution in [3.63, 3.8) is 0 Å². The van der Waals surface area contributed by atoms with E-state index < -0.39 is 0 Å². The highest BCUT2D eigenvalue weighted by Gasteiger charge is 2.29. The van der Waals surface area contributed by atoms with E-state index in [0.29, 0.717) is 5.54 Å². The van der Waals surface area contributed by atoms with Crippen LogP contribution in [0.4, 0.5) is 0 Å². The molecule has 0 bridgehead atoms. The van der Waals surface area contributed by atoms with E-state index in [1.165, 1.54) is 45.4 Å². The Morgan fingerprint density at radius 1 is 1.33 bits per heavy atom. The fourth-order valence-electron chi connectivity index (χ4n) is 2.46. The van der Waals surface area contributed by atoms with Crippen molar-refractivity contribution >= 4 is 0 Å². The number of hydrogen-bond donors (Lipinski definition) is 1. The lowest BCUT2D eigenvalue weighted by Gasteiger charge is -2.43. The average molecular weight is 212 g/mol. The van der Waals surface area contributed by atoms with Crippen LogP contribution in [0.1, 0.15) is 47.0 Å². The summed E-state index contributed by atoms with van der Waals surface area (Å²) < 4.78 is 0. The van der Waals surface area contributed by atoms with Gasteiger partial charge in [-0.15, -0.1) is 0 Å². The standard InChI is InChI=1S/C13H28N2/c1-5-13(4,6-2)15-9-7-8-14-10-12(3)11-15/h12,14H,5-11H2,1-4H3. The van der Waals surface area contributed by atoms with Crippen molar-refractivity contribution in [2.75, 3.05) is 26.2 Å². The van der Waals surface area contributed by atoms with Gasteiger partial charge in [-0.2, -0.15) is 0 Å². The van der Waals surface area contributed by atoms with E-state index in [9.17, 15) is 0 Å². The molecule has 0 spiro atoms. The van der Waals surface area contributed by atoms with Crippen molar-refractivity contribution in [3.8, 4) is 0 Å². The maximum Gasteiger partial charge on any atom is 0.0176 e. The molecule has 2 nitrogen and oxygen atoms in total. The molecule has 0 aromatic heterocycles. The van der Waals surface area contributed by atoms with Gasteiger partial charge in [0.25, 0.3) is 0 Å². The summed E-state index contributed by atoms with van der Waals surface area (Å²) in [6.45, 7) is 14.3. The summed E-state index contributed by atoms with van der Waals surface area (Å²) in [6.07, 6.45) is 3.83. The minimum absolute atomic E-state index is 0.422. The minimum Gasteiger partial charge on any atom is -0.316 e. The number of nitrogens with one attached hydrogen (secondary N) is 1. The zero-order chi connectivity index (χ0) is 11.3. The van der Waals surface area contributed by atoms with E-state index >= 15 is 0 Å². The molecule has 1 aliphatic heterocycles. The van der Waals surface area contributed by atoms with Gasteiger partial charge in [0.05, 0.1) is 0 Å². The molecule has 1 saturated heterocycles. The van der Waals surface area contributed by atoms with Crippen molar-refractivity contribution in [2.45, 2.75) is 52.5 Å². The van der Waals surface area contributed by atoms with Crippen molar-refractivity contribution in [1.82, 2.24) is 10.2 Å². The Kier molecular flexibility index (Phi) is 5.07. The van der Waals surface area contributed by atoms with Gasteiger partial charge in [-0.25, -0.2) is 0 Å².